The van der Waals surface area contributed by atoms with E-state index in [-0.39, 0.29) is 11.9 Å². The largest absolute Gasteiger partial charge is 0.447 e. The minimum atomic E-state index is -0.429. The zero-order chi connectivity index (χ0) is 20.1. The molecule has 0 aromatic carbocycles. The summed E-state index contributed by atoms with van der Waals surface area (Å²) >= 11 is 0. The number of cyclic esters (lactones) is 1. The van der Waals surface area contributed by atoms with Crippen LogP contribution in [0.1, 0.15) is 32.6 Å². The summed E-state index contributed by atoms with van der Waals surface area (Å²) in [5.41, 5.74) is 0.700. The summed E-state index contributed by atoms with van der Waals surface area (Å²) in [5, 5.41) is 0. The van der Waals surface area contributed by atoms with Crippen molar-refractivity contribution in [2.75, 3.05) is 34.9 Å². The first-order chi connectivity index (χ1) is 14.1. The van der Waals surface area contributed by atoms with Gasteiger partial charge in [0.25, 0.3) is 0 Å². The van der Waals surface area contributed by atoms with Crippen LogP contribution in [0.2, 0.25) is 0 Å². The molecule has 2 aliphatic heterocycles. The normalized spacial score (nSPS) is 22.4. The Morgan fingerprint density at radius 2 is 1.97 bits per heavy atom. The molecule has 1 atom stereocenters. The third-order valence-corrected chi connectivity index (χ3v) is 6.01. The van der Waals surface area contributed by atoms with Crippen LogP contribution in [0.3, 0.4) is 0 Å². The van der Waals surface area contributed by atoms with Crippen molar-refractivity contribution in [2.24, 2.45) is 0 Å². The molecule has 10 nitrogen and oxygen atoms in total. The van der Waals surface area contributed by atoms with E-state index < -0.39 is 6.09 Å². The van der Waals surface area contributed by atoms with Gasteiger partial charge >= 0.3 is 6.09 Å². The molecule has 29 heavy (non-hydrogen) atoms. The topological polar surface area (TPSA) is 96.7 Å². The zero-order valence-electron chi connectivity index (χ0n) is 16.5. The van der Waals surface area contributed by atoms with Gasteiger partial charge in [-0.1, -0.05) is 12.8 Å². The number of hydrogen-bond donors (Lipinski definition) is 0. The number of amides is 2. The van der Waals surface area contributed by atoms with Gasteiger partial charge in [0.05, 0.1) is 12.7 Å². The van der Waals surface area contributed by atoms with Gasteiger partial charge in [0, 0.05) is 25.5 Å². The van der Waals surface area contributed by atoms with Crippen molar-refractivity contribution in [3.63, 3.8) is 0 Å². The second-order valence-corrected chi connectivity index (χ2v) is 7.66. The standard InChI is InChI=1S/C19H23N7O3/c1-12-16(27)23(2)14-11-21-17(22-15(14)26(12)13-5-3-4-6-13)24-8-7-20-18(24)25-9-10-29-19(25)28/h7-8,11-13H,3-6,9-10H2,1-2H3/t12-/m1/s1. The van der Waals surface area contributed by atoms with E-state index in [9.17, 15) is 9.59 Å². The smallest absolute Gasteiger partial charge is 0.416 e. The number of anilines is 3. The highest BCUT2D eigenvalue weighted by Gasteiger charge is 2.40. The van der Waals surface area contributed by atoms with Crippen molar-refractivity contribution in [1.82, 2.24) is 19.5 Å². The number of likely N-dealkylation sites (N-methyl/N-ethyl adjacent to an activating group) is 1. The summed E-state index contributed by atoms with van der Waals surface area (Å²) in [4.78, 5) is 43.6. The molecule has 1 aliphatic carbocycles. The number of rotatable bonds is 3. The first-order valence-corrected chi connectivity index (χ1v) is 9.97. The van der Waals surface area contributed by atoms with Crippen LogP contribution in [0.4, 0.5) is 22.2 Å². The summed E-state index contributed by atoms with van der Waals surface area (Å²) in [7, 11) is 1.76. The molecule has 152 valence electrons. The number of hydrogen-bond acceptors (Lipinski definition) is 7. The highest BCUT2D eigenvalue weighted by Crippen LogP contribution is 2.39. The first-order valence-electron chi connectivity index (χ1n) is 9.97. The lowest BCUT2D eigenvalue weighted by Gasteiger charge is -2.42. The molecule has 2 aromatic heterocycles. The van der Waals surface area contributed by atoms with E-state index in [0.29, 0.717) is 36.8 Å². The van der Waals surface area contributed by atoms with E-state index >= 15 is 0 Å². The van der Waals surface area contributed by atoms with Crippen molar-refractivity contribution < 1.29 is 14.3 Å². The molecule has 10 heteroatoms. The SMILES string of the molecule is C[C@@H]1C(=O)N(C)c2cnc(-n3ccnc3N3CCOC3=O)nc2N1C1CCCC1. The van der Waals surface area contributed by atoms with Crippen LogP contribution in [0.5, 0.6) is 0 Å². The van der Waals surface area contributed by atoms with Crippen LogP contribution < -0.4 is 14.7 Å². The van der Waals surface area contributed by atoms with Gasteiger partial charge in [0.2, 0.25) is 17.8 Å². The second-order valence-electron chi connectivity index (χ2n) is 7.66. The number of ether oxygens (including phenoxy) is 1. The average molecular weight is 397 g/mol. The Hall–Kier alpha value is -3.17. The highest BCUT2D eigenvalue weighted by atomic mass is 16.6. The maximum atomic E-state index is 12.8. The molecule has 2 amide bonds. The van der Waals surface area contributed by atoms with Crippen LogP contribution in [-0.4, -0.2) is 63.8 Å². The fourth-order valence-corrected chi connectivity index (χ4v) is 4.50. The Morgan fingerprint density at radius 3 is 2.69 bits per heavy atom. The molecule has 0 bridgehead atoms. The second kappa shape index (κ2) is 6.71. The van der Waals surface area contributed by atoms with Gasteiger partial charge in [-0.25, -0.2) is 19.7 Å². The molecular weight excluding hydrogens is 374 g/mol. The van der Waals surface area contributed by atoms with E-state index in [0.717, 1.165) is 31.5 Å². The van der Waals surface area contributed by atoms with Gasteiger partial charge < -0.3 is 14.5 Å². The van der Waals surface area contributed by atoms with Crippen molar-refractivity contribution in [2.45, 2.75) is 44.7 Å². The van der Waals surface area contributed by atoms with Gasteiger partial charge in [-0.05, 0) is 19.8 Å². The Bertz CT molecular complexity index is 968. The number of carbonyl (C=O) groups excluding carboxylic acids is 2. The lowest BCUT2D eigenvalue weighted by molar-refractivity contribution is -0.119. The summed E-state index contributed by atoms with van der Waals surface area (Å²) in [6, 6.07) is 0.00846. The summed E-state index contributed by atoms with van der Waals surface area (Å²) in [6.07, 6.45) is 9.01. The third kappa shape index (κ3) is 2.73. The van der Waals surface area contributed by atoms with Crippen LogP contribution in [0, 0.1) is 0 Å². The van der Waals surface area contributed by atoms with Crippen LogP contribution in [0.25, 0.3) is 5.95 Å². The molecule has 0 N–H and O–H groups in total. The molecule has 0 spiro atoms. The molecule has 2 aromatic rings. The summed E-state index contributed by atoms with van der Waals surface area (Å²) in [5.74, 6) is 1.63. The lowest BCUT2D eigenvalue weighted by atomic mass is 10.1. The summed E-state index contributed by atoms with van der Waals surface area (Å²) in [6.45, 7) is 2.70. The molecular formula is C19H23N7O3. The number of carbonyl (C=O) groups is 2. The van der Waals surface area contributed by atoms with Gasteiger partial charge in [0.1, 0.15) is 18.3 Å². The van der Waals surface area contributed by atoms with Crippen molar-refractivity contribution in [3.8, 4) is 5.95 Å². The zero-order valence-corrected chi connectivity index (χ0v) is 16.5. The minimum Gasteiger partial charge on any atom is -0.447 e. The van der Waals surface area contributed by atoms with E-state index in [1.165, 1.54) is 4.90 Å². The van der Waals surface area contributed by atoms with Gasteiger partial charge in [-0.2, -0.15) is 4.98 Å². The quantitative estimate of drug-likeness (QED) is 0.778. The van der Waals surface area contributed by atoms with Crippen molar-refractivity contribution in [1.29, 1.82) is 0 Å². The predicted molar refractivity (Wildman–Crippen MR) is 105 cm³/mol. The average Bonchev–Trinajstić information content (AvgIpc) is 3.47. The van der Waals surface area contributed by atoms with E-state index in [4.69, 9.17) is 9.72 Å². The Morgan fingerprint density at radius 1 is 1.17 bits per heavy atom. The fraction of sp³-hybridized carbons (Fsp3) is 0.526. The van der Waals surface area contributed by atoms with E-state index in [2.05, 4.69) is 14.9 Å². The van der Waals surface area contributed by atoms with Crippen LogP contribution in [0.15, 0.2) is 18.6 Å². The maximum Gasteiger partial charge on any atom is 0.416 e. The van der Waals surface area contributed by atoms with Crippen molar-refractivity contribution >= 4 is 29.5 Å². The molecule has 1 saturated carbocycles. The minimum absolute atomic E-state index is 0.0453. The Labute approximate surface area is 168 Å². The van der Waals surface area contributed by atoms with Gasteiger partial charge in [0.15, 0.2) is 5.82 Å². The lowest BCUT2D eigenvalue weighted by Crippen LogP contribution is -2.54. The monoisotopic (exact) mass is 397 g/mol. The van der Waals surface area contributed by atoms with E-state index in [1.54, 1.807) is 35.1 Å². The maximum absolute atomic E-state index is 12.8. The van der Waals surface area contributed by atoms with Gasteiger partial charge in [-0.15, -0.1) is 0 Å². The van der Waals surface area contributed by atoms with Crippen LogP contribution >= 0.6 is 0 Å². The van der Waals surface area contributed by atoms with Crippen LogP contribution in [-0.2, 0) is 9.53 Å². The number of imidazole rings is 1. The number of nitrogens with zero attached hydrogens (tertiary/aromatic N) is 7. The molecule has 4 heterocycles. The highest BCUT2D eigenvalue weighted by molar-refractivity contribution is 6.04. The summed E-state index contributed by atoms with van der Waals surface area (Å²) < 4.78 is 6.72. The van der Waals surface area contributed by atoms with E-state index in [1.807, 2.05) is 6.92 Å². The molecule has 0 unspecified atom stereocenters. The Kier molecular flexibility index (Phi) is 4.14. The van der Waals surface area contributed by atoms with Crippen molar-refractivity contribution in [3.05, 3.63) is 18.6 Å². The molecule has 3 aliphatic rings. The Balaban J connectivity index is 1.59. The third-order valence-electron chi connectivity index (χ3n) is 6.01. The first kappa shape index (κ1) is 17.9. The number of fused-ring (bicyclic) bond motifs is 1. The fourth-order valence-electron chi connectivity index (χ4n) is 4.50. The number of aromatic nitrogens is 4. The molecule has 1 saturated heterocycles. The molecule has 0 radical (unpaired) electrons. The molecule has 2 fully saturated rings. The predicted octanol–water partition coefficient (Wildman–Crippen LogP) is 1.73. The molecule has 5 rings (SSSR count). The van der Waals surface area contributed by atoms with Gasteiger partial charge in [-0.3, -0.25) is 9.36 Å².